The summed E-state index contributed by atoms with van der Waals surface area (Å²) in [7, 11) is 0. The molecule has 11 heavy (non-hydrogen) atoms. The molecule has 0 unspecified atom stereocenters. The molecule has 0 saturated heterocycles. The summed E-state index contributed by atoms with van der Waals surface area (Å²) in [6.45, 7) is 7.71. The fraction of sp³-hybridized carbons (Fsp3) is 0.300. The molecule has 1 nitrogen and oxygen atoms in total. The average molecular weight is 148 g/mol. The van der Waals surface area contributed by atoms with Crippen molar-refractivity contribution >= 4 is 6.08 Å². The number of hydrogen-bond acceptors (Lipinski definition) is 1. The molecular formula is C10H13N. The van der Waals surface area contributed by atoms with E-state index in [2.05, 4.69) is 11.6 Å². The molecule has 1 rings (SSSR count). The van der Waals surface area contributed by atoms with Gasteiger partial charge in [-0.3, -0.25) is 4.98 Å². The van der Waals surface area contributed by atoms with Gasteiger partial charge in [0.2, 0.25) is 0 Å². The quantitative estimate of drug-likeness (QED) is 0.628. The highest BCUT2D eigenvalue weighted by atomic mass is 14.7. The maximum Gasteiger partial charge on any atom is 0.0648 e. The summed E-state index contributed by atoms with van der Waals surface area (Å²) >= 11 is 0. The Bertz CT molecular complexity index is 292. The molecule has 58 valence electrons. The summed E-state index contributed by atoms with van der Waals surface area (Å²) in [6, 6.07) is 2.31. The highest BCUT2D eigenvalue weighted by Crippen LogP contribution is 2.12. The largest absolute Gasteiger partial charge is 0.261 e. The van der Waals surface area contributed by atoms with Crippen LogP contribution in [0.25, 0.3) is 6.08 Å². The zero-order chi connectivity index (χ0) is 9.14. The lowest BCUT2D eigenvalue weighted by Crippen LogP contribution is -1.91. The third kappa shape index (κ3) is 1.90. The van der Waals surface area contributed by atoms with Crippen LogP contribution >= 0.6 is 0 Å². The second-order valence-corrected chi connectivity index (χ2v) is 2.77. The van der Waals surface area contributed by atoms with Crippen molar-refractivity contribution in [2.75, 3.05) is 0 Å². The van der Waals surface area contributed by atoms with Crippen molar-refractivity contribution in [3.63, 3.8) is 0 Å². The molecule has 0 aromatic carbocycles. The van der Waals surface area contributed by atoms with Crippen molar-refractivity contribution in [2.24, 2.45) is 0 Å². The highest BCUT2D eigenvalue weighted by molar-refractivity contribution is 5.46. The number of hydrogen-bond donors (Lipinski definition) is 0. The molecule has 1 aromatic heterocycles. The third-order valence-electron chi connectivity index (χ3n) is 1.51. The summed E-state index contributed by atoms with van der Waals surface area (Å²) in [5, 5.41) is 0. The number of rotatable bonds is 2. The van der Waals surface area contributed by atoms with Crippen LogP contribution in [-0.4, -0.2) is 4.98 Å². The van der Waals surface area contributed by atoms with Crippen LogP contribution in [0.4, 0.5) is 0 Å². The Kier molecular flexibility index (Phi) is 2.00. The molecule has 0 radical (unpaired) electrons. The molecule has 0 aliphatic heterocycles. The predicted octanol–water partition coefficient (Wildman–Crippen LogP) is 2.85. The molecular weight excluding hydrogens is 134 g/mol. The monoisotopic (exact) mass is 148 g/mol. The maximum atomic E-state index is 7.74. The summed E-state index contributed by atoms with van der Waals surface area (Å²) < 4.78 is 7.74. The van der Waals surface area contributed by atoms with Crippen LogP contribution in [0.15, 0.2) is 24.9 Å². The first-order valence-corrected chi connectivity index (χ1v) is 3.74. The Labute approximate surface area is 69.2 Å². The molecule has 1 aromatic rings. The number of nitrogens with zero attached hydrogens (tertiary/aromatic N) is 1. The Balaban J connectivity index is 3.22. The van der Waals surface area contributed by atoms with Gasteiger partial charge in [0.15, 0.2) is 0 Å². The van der Waals surface area contributed by atoms with Crippen molar-refractivity contribution in [3.8, 4) is 0 Å². The van der Waals surface area contributed by atoms with Crippen LogP contribution in [0.3, 0.4) is 0 Å². The molecule has 0 atom stereocenters. The lowest BCUT2D eigenvalue weighted by molar-refractivity contribution is 0.822. The van der Waals surface area contributed by atoms with Gasteiger partial charge in [0.05, 0.1) is 1.37 Å². The van der Waals surface area contributed by atoms with E-state index in [1.165, 1.54) is 0 Å². The van der Waals surface area contributed by atoms with Crippen LogP contribution in [0, 0.1) is 0 Å². The molecule has 0 fully saturated rings. The van der Waals surface area contributed by atoms with Crippen LogP contribution < -0.4 is 0 Å². The zero-order valence-electron chi connectivity index (χ0n) is 7.96. The Morgan fingerprint density at radius 1 is 1.73 bits per heavy atom. The van der Waals surface area contributed by atoms with Crippen LogP contribution in [0.5, 0.6) is 0 Å². The van der Waals surface area contributed by atoms with E-state index in [1.807, 2.05) is 13.8 Å². The molecule has 0 amide bonds. The second-order valence-electron chi connectivity index (χ2n) is 2.77. The van der Waals surface area contributed by atoms with Gasteiger partial charge in [0, 0.05) is 11.9 Å². The first-order valence-electron chi connectivity index (χ1n) is 4.24. The van der Waals surface area contributed by atoms with Gasteiger partial charge in [-0.25, -0.2) is 0 Å². The van der Waals surface area contributed by atoms with Gasteiger partial charge in [-0.05, 0) is 23.6 Å². The lowest BCUT2D eigenvalue weighted by atomic mass is 10.1. The van der Waals surface area contributed by atoms with Crippen molar-refractivity contribution in [3.05, 3.63) is 36.1 Å². The van der Waals surface area contributed by atoms with Crippen molar-refractivity contribution in [2.45, 2.75) is 19.8 Å². The first kappa shape index (κ1) is 6.59. The highest BCUT2D eigenvalue weighted by Gasteiger charge is 1.98. The van der Waals surface area contributed by atoms with E-state index < -0.39 is 0 Å². The standard InChI is InChI=1S/C10H13N/c1-4-9-5-6-11-10(7-9)8(2)3/h4-8H,1H2,2-3H3/i7D. The summed E-state index contributed by atoms with van der Waals surface area (Å²) in [5.74, 6) is 0.303. The van der Waals surface area contributed by atoms with Gasteiger partial charge in [0.25, 0.3) is 0 Å². The summed E-state index contributed by atoms with van der Waals surface area (Å²) in [4.78, 5) is 4.15. The maximum absolute atomic E-state index is 7.74. The van der Waals surface area contributed by atoms with E-state index in [0.29, 0.717) is 12.0 Å². The number of aromatic nitrogens is 1. The summed E-state index contributed by atoms with van der Waals surface area (Å²) in [6.07, 6.45) is 3.42. The molecule has 0 aliphatic carbocycles. The van der Waals surface area contributed by atoms with Crippen molar-refractivity contribution in [1.82, 2.24) is 4.98 Å². The minimum absolute atomic E-state index is 0.303. The summed E-state index contributed by atoms with van der Waals surface area (Å²) in [5.41, 5.74) is 1.70. The van der Waals surface area contributed by atoms with E-state index in [4.69, 9.17) is 1.37 Å². The normalized spacial score (nSPS) is 11.4. The van der Waals surface area contributed by atoms with Crippen molar-refractivity contribution in [1.29, 1.82) is 0 Å². The third-order valence-corrected chi connectivity index (χ3v) is 1.51. The first-order chi connectivity index (χ1) is 5.66. The molecule has 1 heterocycles. The van der Waals surface area contributed by atoms with Crippen LogP contribution in [0.2, 0.25) is 0 Å². The van der Waals surface area contributed by atoms with Gasteiger partial charge in [-0.2, -0.15) is 0 Å². The smallest absolute Gasteiger partial charge is 0.0648 e. The van der Waals surface area contributed by atoms with Gasteiger partial charge < -0.3 is 0 Å². The van der Waals surface area contributed by atoms with Gasteiger partial charge >= 0.3 is 0 Å². The molecule has 0 bridgehead atoms. The number of pyridine rings is 1. The minimum Gasteiger partial charge on any atom is -0.261 e. The average Bonchev–Trinajstić information content (AvgIpc) is 2.04. The molecule has 0 saturated carbocycles. The van der Waals surface area contributed by atoms with Gasteiger partial charge in [-0.1, -0.05) is 26.5 Å². The topological polar surface area (TPSA) is 12.9 Å². The Morgan fingerprint density at radius 2 is 2.45 bits per heavy atom. The van der Waals surface area contributed by atoms with Crippen LogP contribution in [0.1, 0.15) is 32.4 Å². The van der Waals surface area contributed by atoms with E-state index >= 15 is 0 Å². The predicted molar refractivity (Wildman–Crippen MR) is 48.4 cm³/mol. The Morgan fingerprint density at radius 3 is 3.00 bits per heavy atom. The Hall–Kier alpha value is -1.11. The SMILES string of the molecule is [2H]c1c(C=C)ccnc1C(C)C. The molecule has 0 aliphatic rings. The fourth-order valence-corrected chi connectivity index (χ4v) is 0.832. The van der Waals surface area contributed by atoms with Crippen LogP contribution in [-0.2, 0) is 0 Å². The van der Waals surface area contributed by atoms with E-state index in [-0.39, 0.29) is 0 Å². The van der Waals surface area contributed by atoms with E-state index in [0.717, 1.165) is 11.3 Å². The van der Waals surface area contributed by atoms with E-state index in [9.17, 15) is 0 Å². The fourth-order valence-electron chi connectivity index (χ4n) is 0.832. The van der Waals surface area contributed by atoms with Gasteiger partial charge in [0.1, 0.15) is 0 Å². The lowest BCUT2D eigenvalue weighted by Gasteiger charge is -2.03. The zero-order valence-corrected chi connectivity index (χ0v) is 6.96. The van der Waals surface area contributed by atoms with Gasteiger partial charge in [-0.15, -0.1) is 0 Å². The van der Waals surface area contributed by atoms with Crippen molar-refractivity contribution < 1.29 is 1.37 Å². The van der Waals surface area contributed by atoms with E-state index in [1.54, 1.807) is 18.3 Å². The minimum atomic E-state index is 0.303. The molecule has 0 spiro atoms. The molecule has 1 heteroatoms. The second kappa shape index (κ2) is 3.33. The molecule has 0 N–H and O–H groups in total.